The number of carbonyl (C=O) groups is 3. The molecule has 0 spiro atoms. The van der Waals surface area contributed by atoms with E-state index in [0.717, 1.165) is 0 Å². The summed E-state index contributed by atoms with van der Waals surface area (Å²) < 4.78 is 27.3. The number of aromatic nitrogens is 2. The van der Waals surface area contributed by atoms with Crippen molar-refractivity contribution in [1.82, 2.24) is 14.9 Å². The first kappa shape index (κ1) is 22.6. The van der Waals surface area contributed by atoms with Gasteiger partial charge in [0, 0.05) is 30.5 Å². The van der Waals surface area contributed by atoms with Crippen molar-refractivity contribution in [2.45, 2.75) is 31.1 Å². The molecular formula is C22H23N5O5S. The van der Waals surface area contributed by atoms with E-state index in [0.29, 0.717) is 24.2 Å². The summed E-state index contributed by atoms with van der Waals surface area (Å²) in [7, 11) is -3.89. The zero-order chi connectivity index (χ0) is 23.6. The lowest BCUT2D eigenvalue weighted by atomic mass is 9.85. The maximum Gasteiger partial charge on any atom is 0.264 e. The van der Waals surface area contributed by atoms with E-state index >= 15 is 0 Å². The molecule has 1 fully saturated rings. The molecule has 1 aromatic heterocycles. The second-order valence-electron chi connectivity index (χ2n) is 7.93. The quantitative estimate of drug-likeness (QED) is 0.466. The zero-order valence-electron chi connectivity index (χ0n) is 17.9. The maximum atomic E-state index is 12.5. The molecule has 10 nitrogen and oxygen atoms in total. The average molecular weight is 470 g/mol. The van der Waals surface area contributed by atoms with Crippen molar-refractivity contribution in [3.05, 3.63) is 54.4 Å². The molecule has 11 heteroatoms. The number of rotatable bonds is 7. The number of anilines is 2. The van der Waals surface area contributed by atoms with E-state index in [1.54, 1.807) is 13.0 Å². The van der Waals surface area contributed by atoms with Crippen LogP contribution in [0.4, 0.5) is 11.6 Å². The second-order valence-corrected chi connectivity index (χ2v) is 9.62. The molecule has 1 saturated heterocycles. The lowest BCUT2D eigenvalue weighted by Gasteiger charge is -2.14. The van der Waals surface area contributed by atoms with Crippen LogP contribution >= 0.6 is 0 Å². The Morgan fingerprint density at radius 2 is 1.70 bits per heavy atom. The van der Waals surface area contributed by atoms with Crippen LogP contribution in [0, 0.1) is 18.8 Å². The minimum Gasteiger partial charge on any atom is -0.326 e. The summed E-state index contributed by atoms with van der Waals surface area (Å²) >= 11 is 0. The summed E-state index contributed by atoms with van der Waals surface area (Å²) in [6, 6.07) is 7.25. The Kier molecular flexibility index (Phi) is 6.23. The van der Waals surface area contributed by atoms with Gasteiger partial charge in [0.1, 0.15) is 0 Å². The van der Waals surface area contributed by atoms with Crippen LogP contribution < -0.4 is 10.0 Å². The number of amides is 3. The first-order valence-electron chi connectivity index (χ1n) is 10.5. The number of benzene rings is 1. The number of carbonyl (C=O) groups excluding carboxylic acids is 3. The third-order valence-electron chi connectivity index (χ3n) is 5.63. The molecule has 2 heterocycles. The molecule has 2 atom stereocenters. The van der Waals surface area contributed by atoms with Gasteiger partial charge in [0.15, 0.2) is 0 Å². The fourth-order valence-electron chi connectivity index (χ4n) is 3.92. The molecule has 1 aromatic carbocycles. The van der Waals surface area contributed by atoms with Crippen LogP contribution in [0.1, 0.15) is 25.0 Å². The minimum atomic E-state index is -3.89. The minimum absolute atomic E-state index is 0.0172. The standard InChI is InChI=1S/C22H23N5O5S/c1-14-10-12-23-22(24-14)26-33(31,32)16-8-6-15(7-9-16)25-19(28)11-13-27-20(29)17-4-2-3-5-18(17)21(27)30/h2-3,6-10,12,17-18H,4-5,11,13H2,1H3,(H,25,28)(H,23,24,26)/t17-,18+. The van der Waals surface area contributed by atoms with E-state index in [2.05, 4.69) is 20.0 Å². The monoisotopic (exact) mass is 469 g/mol. The van der Waals surface area contributed by atoms with Crippen LogP contribution in [0.5, 0.6) is 0 Å². The van der Waals surface area contributed by atoms with Crippen molar-refractivity contribution in [3.63, 3.8) is 0 Å². The molecule has 2 N–H and O–H groups in total. The summed E-state index contributed by atoms with van der Waals surface area (Å²) in [5, 5.41) is 2.65. The molecule has 0 unspecified atom stereocenters. The van der Waals surface area contributed by atoms with Crippen LogP contribution in [0.3, 0.4) is 0 Å². The second kappa shape index (κ2) is 9.10. The molecular weight excluding hydrogens is 446 g/mol. The normalized spacial score (nSPS) is 20.0. The van der Waals surface area contributed by atoms with E-state index in [1.807, 2.05) is 12.2 Å². The van der Waals surface area contributed by atoms with Crippen LogP contribution in [-0.2, 0) is 24.4 Å². The Bertz CT molecular complexity index is 1200. The van der Waals surface area contributed by atoms with E-state index in [1.165, 1.54) is 35.4 Å². The molecule has 3 amide bonds. The van der Waals surface area contributed by atoms with Crippen molar-refractivity contribution in [3.8, 4) is 0 Å². The van der Waals surface area contributed by atoms with Crippen LogP contribution in [0.25, 0.3) is 0 Å². The van der Waals surface area contributed by atoms with E-state index in [-0.39, 0.29) is 53.4 Å². The Morgan fingerprint density at radius 3 is 2.30 bits per heavy atom. The van der Waals surface area contributed by atoms with Crippen molar-refractivity contribution in [1.29, 1.82) is 0 Å². The smallest absolute Gasteiger partial charge is 0.264 e. The van der Waals surface area contributed by atoms with Crippen molar-refractivity contribution < 1.29 is 22.8 Å². The van der Waals surface area contributed by atoms with Gasteiger partial charge in [0.2, 0.25) is 23.7 Å². The number of hydrogen-bond donors (Lipinski definition) is 2. The number of likely N-dealkylation sites (tertiary alicyclic amines) is 1. The highest BCUT2D eigenvalue weighted by Crippen LogP contribution is 2.35. The summed E-state index contributed by atoms with van der Waals surface area (Å²) in [6.45, 7) is 1.74. The van der Waals surface area contributed by atoms with E-state index in [4.69, 9.17) is 0 Å². The first-order valence-corrected chi connectivity index (χ1v) is 12.0. The highest BCUT2D eigenvalue weighted by atomic mass is 32.2. The van der Waals surface area contributed by atoms with Gasteiger partial charge in [-0.15, -0.1) is 0 Å². The molecule has 0 radical (unpaired) electrons. The molecule has 2 aromatic rings. The van der Waals surface area contributed by atoms with E-state index < -0.39 is 10.0 Å². The highest BCUT2D eigenvalue weighted by molar-refractivity contribution is 7.92. The summed E-state index contributed by atoms with van der Waals surface area (Å²) in [6.07, 6.45) is 6.34. The average Bonchev–Trinajstić information content (AvgIpc) is 3.02. The lowest BCUT2D eigenvalue weighted by Crippen LogP contribution is -2.34. The Hall–Kier alpha value is -3.60. The summed E-state index contributed by atoms with van der Waals surface area (Å²) in [4.78, 5) is 46.3. The molecule has 1 aliphatic carbocycles. The van der Waals surface area contributed by atoms with Gasteiger partial charge in [-0.05, 0) is 50.1 Å². The number of fused-ring (bicyclic) bond motifs is 1. The Labute approximate surface area is 191 Å². The Balaban J connectivity index is 1.33. The lowest BCUT2D eigenvalue weighted by molar-refractivity contribution is -0.140. The van der Waals surface area contributed by atoms with E-state index in [9.17, 15) is 22.8 Å². The van der Waals surface area contributed by atoms with Crippen molar-refractivity contribution in [2.75, 3.05) is 16.6 Å². The highest BCUT2D eigenvalue weighted by Gasteiger charge is 2.46. The third-order valence-corrected chi connectivity index (χ3v) is 6.97. The number of allylic oxidation sites excluding steroid dienone is 2. The van der Waals surface area contributed by atoms with Crippen molar-refractivity contribution >= 4 is 39.4 Å². The van der Waals surface area contributed by atoms with Crippen LogP contribution in [-0.4, -0.2) is 47.6 Å². The van der Waals surface area contributed by atoms with Gasteiger partial charge in [0.25, 0.3) is 10.0 Å². The number of nitrogens with zero attached hydrogens (tertiary/aromatic N) is 3. The summed E-state index contributed by atoms with van der Waals surface area (Å²) in [5.74, 6) is -1.50. The molecule has 172 valence electrons. The van der Waals surface area contributed by atoms with Gasteiger partial charge >= 0.3 is 0 Å². The zero-order valence-corrected chi connectivity index (χ0v) is 18.7. The predicted octanol–water partition coefficient (Wildman–Crippen LogP) is 1.87. The maximum absolute atomic E-state index is 12.5. The molecule has 0 saturated carbocycles. The molecule has 33 heavy (non-hydrogen) atoms. The predicted molar refractivity (Wildman–Crippen MR) is 119 cm³/mol. The van der Waals surface area contributed by atoms with Gasteiger partial charge in [-0.1, -0.05) is 12.2 Å². The van der Waals surface area contributed by atoms with Gasteiger partial charge in [-0.2, -0.15) is 0 Å². The molecule has 2 aliphatic rings. The number of sulfonamides is 1. The number of aryl methyl sites for hydroxylation is 1. The third kappa shape index (κ3) is 4.92. The van der Waals surface area contributed by atoms with Gasteiger partial charge in [0.05, 0.1) is 16.7 Å². The number of hydrogen-bond acceptors (Lipinski definition) is 7. The number of nitrogens with one attached hydrogen (secondary N) is 2. The molecule has 0 bridgehead atoms. The van der Waals surface area contributed by atoms with Gasteiger partial charge in [-0.3, -0.25) is 19.3 Å². The summed E-state index contributed by atoms with van der Waals surface area (Å²) in [5.41, 5.74) is 1.01. The topological polar surface area (TPSA) is 138 Å². The molecule has 1 aliphatic heterocycles. The largest absolute Gasteiger partial charge is 0.326 e. The van der Waals surface area contributed by atoms with Crippen LogP contribution in [0.15, 0.2) is 53.6 Å². The van der Waals surface area contributed by atoms with Crippen molar-refractivity contribution in [2.24, 2.45) is 11.8 Å². The fraction of sp³-hybridized carbons (Fsp3) is 0.318. The first-order chi connectivity index (χ1) is 15.7. The van der Waals surface area contributed by atoms with Gasteiger partial charge < -0.3 is 5.32 Å². The SMILES string of the molecule is Cc1ccnc(NS(=O)(=O)c2ccc(NC(=O)CCN3C(=O)[C@H]4CC=CC[C@H]4C3=O)cc2)n1. The Morgan fingerprint density at radius 1 is 1.06 bits per heavy atom. The van der Waals surface area contributed by atoms with Crippen LogP contribution in [0.2, 0.25) is 0 Å². The number of imide groups is 1. The van der Waals surface area contributed by atoms with Gasteiger partial charge in [-0.25, -0.2) is 23.1 Å². The molecule has 4 rings (SSSR count). The fourth-order valence-corrected chi connectivity index (χ4v) is 4.87.